The highest BCUT2D eigenvalue weighted by Gasteiger charge is 2.59. The number of aromatic nitrogens is 9. The third-order valence-electron chi connectivity index (χ3n) is 30.3. The van der Waals surface area contributed by atoms with E-state index in [-0.39, 0.29) is 122 Å². The van der Waals surface area contributed by atoms with Crippen molar-refractivity contribution < 1.29 is 46.9 Å². The molecule has 128 heavy (non-hydrogen) atoms. The zero-order valence-corrected chi connectivity index (χ0v) is 84.4. The molecule has 3 aromatic heterocycles. The maximum atomic E-state index is 14.6. The summed E-state index contributed by atoms with van der Waals surface area (Å²) in [4.78, 5) is 58.2. The smallest absolute Gasteiger partial charge is 0.232 e. The first-order valence-corrected chi connectivity index (χ1v) is 47.6. The number of hydrogen-bond acceptors (Lipinski definition) is 27. The molecule has 4 atom stereocenters. The maximum Gasteiger partial charge on any atom is 0.232 e. The van der Waals surface area contributed by atoms with Gasteiger partial charge in [0.15, 0.2) is 0 Å². The highest BCUT2D eigenvalue weighted by atomic mass is 16.5. The first-order valence-electron chi connectivity index (χ1n) is 47.6. The molecule has 0 aliphatic carbocycles. The molecule has 9 aliphatic heterocycles. The third kappa shape index (κ3) is 21.0. The lowest BCUT2D eigenvalue weighted by molar-refractivity contribution is -0.294. The average molecular weight is 1790 g/mol. The Morgan fingerprint density at radius 1 is 0.242 bits per heavy atom. The van der Waals surface area contributed by atoms with Gasteiger partial charge in [-0.1, -0.05) is 0 Å². The normalized spacial score (nSPS) is 29.6. The predicted octanol–water partition coefficient (Wildman–Crippen LogP) is 14.5. The number of nitrogens with zero attached hydrogens (tertiary/aromatic N) is 22. The van der Waals surface area contributed by atoms with Gasteiger partial charge in [0.2, 0.25) is 53.5 Å². The van der Waals surface area contributed by atoms with Crippen LogP contribution in [0.4, 0.5) is 53.5 Å². The molecule has 36 nitrogen and oxygen atoms in total. The molecule has 36 heteroatoms. The summed E-state index contributed by atoms with van der Waals surface area (Å²) < 4.78 is 0. The molecule has 0 aromatic carbocycles. The van der Waals surface area contributed by atoms with Crippen LogP contribution >= 0.6 is 0 Å². The fourth-order valence-corrected chi connectivity index (χ4v) is 26.1. The van der Waals surface area contributed by atoms with Crippen molar-refractivity contribution in [3.8, 4) is 0 Å². The van der Waals surface area contributed by atoms with E-state index in [1.165, 1.54) is 45.6 Å². The zero-order chi connectivity index (χ0) is 95.5. The monoisotopic (exact) mass is 1790 g/mol. The third-order valence-corrected chi connectivity index (χ3v) is 30.3. The quantitative estimate of drug-likeness (QED) is 0.0556. The second-order valence-electron chi connectivity index (χ2n) is 50.5. The molecule has 9 aliphatic rings. The van der Waals surface area contributed by atoms with Gasteiger partial charge in [-0.25, -0.2) is 0 Å². The van der Waals surface area contributed by atoms with Crippen molar-refractivity contribution >= 4 is 53.5 Å². The molecule has 0 amide bonds. The van der Waals surface area contributed by atoms with E-state index in [1.807, 2.05) is 235 Å². The molecule has 9 saturated heterocycles. The number of piperidine rings is 9. The molecule has 0 saturated carbocycles. The fraction of sp³-hybridized carbons (Fsp3) is 0.902. The Balaban J connectivity index is 1.04. The summed E-state index contributed by atoms with van der Waals surface area (Å²) in [6, 6.07) is -3.36. The average Bonchev–Trinajstić information content (AvgIpc) is 0.737. The van der Waals surface area contributed by atoms with Crippen LogP contribution in [0.15, 0.2) is 0 Å². The van der Waals surface area contributed by atoms with Crippen molar-refractivity contribution in [1.82, 2.24) is 90.4 Å². The van der Waals surface area contributed by atoms with Crippen LogP contribution in [0.5, 0.6) is 0 Å². The van der Waals surface area contributed by atoms with Crippen LogP contribution in [0.3, 0.4) is 0 Å². The Morgan fingerprint density at radius 3 is 0.664 bits per heavy atom. The fourth-order valence-electron chi connectivity index (χ4n) is 26.1. The number of hydrogen-bond donors (Lipinski definition) is 5. The maximum absolute atomic E-state index is 14.6. The second-order valence-corrected chi connectivity index (χ2v) is 50.5. The Morgan fingerprint density at radius 2 is 0.430 bits per heavy atom. The molecule has 0 bridgehead atoms. The van der Waals surface area contributed by atoms with Crippen molar-refractivity contribution in [1.29, 1.82) is 0 Å². The Bertz CT molecular complexity index is 4200. The van der Waals surface area contributed by atoms with E-state index in [0.29, 0.717) is 133 Å². The van der Waals surface area contributed by atoms with Crippen molar-refractivity contribution in [3.63, 3.8) is 0 Å². The van der Waals surface area contributed by atoms with Gasteiger partial charge in [0, 0.05) is 181 Å². The topological polar surface area (TPSA) is 397 Å². The van der Waals surface area contributed by atoms with Crippen LogP contribution in [0.2, 0.25) is 0 Å². The molecule has 9 radical (unpaired) electrons. The van der Waals surface area contributed by atoms with Gasteiger partial charge in [-0.3, -0.25) is 0 Å². The lowest BCUT2D eigenvalue weighted by atomic mass is 9.75. The van der Waals surface area contributed by atoms with Crippen LogP contribution in [0, 0.1) is 0 Å². The Kier molecular flexibility index (Phi) is 27.5. The van der Waals surface area contributed by atoms with Gasteiger partial charge in [-0.15, -0.1) is 92.4 Å². The number of rotatable bonds is 24. The summed E-state index contributed by atoms with van der Waals surface area (Å²) in [5.41, 5.74) is -12.9. The standard InChI is InChI=1S/C92H162N27O9/c1-57-39-62(47-77(3,4)111(57)120)108(64-49-85(19,20)116(125)86(21,22)50-64)74-100-68(98-70(103-74)95-59-41-79(7,8)113(122)80(9,10)42-59)93-35-37-107(73-102-72(97-61-45-83(15,16)115(124)84(17,18)46-61)105-76(106-73)109(63-40-58(2)112(121)78(5,6)48-63)65-51-87(23,24)117(126)88(25,26)52-65)38-36-94-69-99-71(96-60-43-81(11,12)114(123)82(13,14)44-60)104-75(101-69)110(66-53-89(27,28)118(127)90(29,30)54-66)67-55-91(31,32)119(128)92(33,34)56-67/h57-67H,35-56H2,1-34H3,(H,97,102,105,106)(H2,93,95,98,100,103)(H2,94,96,99,101,104). The minimum absolute atomic E-state index is 0.149. The first-order chi connectivity index (χ1) is 58.2. The summed E-state index contributed by atoms with van der Waals surface area (Å²) in [6.07, 6.45) is 8.29. The van der Waals surface area contributed by atoms with E-state index in [1.54, 1.807) is 0 Å². The summed E-state index contributed by atoms with van der Waals surface area (Å²) in [7, 11) is 0. The molecule has 0 spiro atoms. The van der Waals surface area contributed by atoms with Crippen LogP contribution in [0.1, 0.15) is 351 Å². The van der Waals surface area contributed by atoms with Gasteiger partial charge in [-0.2, -0.15) is 44.9 Å². The van der Waals surface area contributed by atoms with E-state index >= 15 is 0 Å². The zero-order valence-electron chi connectivity index (χ0n) is 84.4. The lowest BCUT2D eigenvalue weighted by Gasteiger charge is -2.57. The van der Waals surface area contributed by atoms with Crippen LogP contribution < -0.4 is 46.2 Å². The minimum Gasteiger partial charge on any atom is -0.352 e. The van der Waals surface area contributed by atoms with Crippen LogP contribution in [0.25, 0.3) is 0 Å². The Labute approximate surface area is 765 Å². The molecule has 12 rings (SSSR count). The summed E-state index contributed by atoms with van der Waals surface area (Å²) in [5.74, 6) is 2.67. The van der Waals surface area contributed by atoms with Gasteiger partial charge in [0.25, 0.3) is 0 Å². The van der Waals surface area contributed by atoms with E-state index in [4.69, 9.17) is 44.9 Å². The molecule has 5 N–H and O–H groups in total. The molecule has 9 fully saturated rings. The molecular formula is C92H162N27O9. The van der Waals surface area contributed by atoms with Crippen LogP contribution in [-0.4, -0.2) is 272 Å². The van der Waals surface area contributed by atoms with E-state index in [9.17, 15) is 46.9 Å². The predicted molar refractivity (Wildman–Crippen MR) is 491 cm³/mol. The SMILES string of the molecule is CC1CC(N(c2nc(NCCN(CCNc3nc(NC4CC(C)(C)N([O])C(C)(C)C4)nc(N(C4CC(C)(C)N([O])C(C)(C)C4)C4CC(C)(C)N([O])C(C)(C)C4)n3)c3nc(NC4CC(C)(C)N([O])C(C)(C)C4)nc(N(C4CC(C)N([O])C(C)(C)C4)C4CC(C)(C)N([O])C(C)(C)C4)n3)nc(NC3CC(C)(C)N([O])C(C)(C)C3)n2)C2CC(C)(C)N([O])C(C)(C)C2)CC(C)(C)N1[O]. The largest absolute Gasteiger partial charge is 0.352 e. The molecule has 4 unspecified atom stereocenters. The van der Waals surface area contributed by atoms with E-state index < -0.39 is 94.7 Å². The number of hydroxylamine groups is 18. The second kappa shape index (κ2) is 34.7. The highest BCUT2D eigenvalue weighted by molar-refractivity contribution is 5.52. The molecule has 12 heterocycles. The van der Waals surface area contributed by atoms with Gasteiger partial charge in [0.1, 0.15) is 0 Å². The van der Waals surface area contributed by atoms with E-state index in [0.717, 1.165) is 0 Å². The Hall–Kier alpha value is -5.49. The molecule has 719 valence electrons. The molecular weight excluding hydrogens is 1630 g/mol. The minimum atomic E-state index is -0.852. The highest BCUT2D eigenvalue weighted by Crippen LogP contribution is 2.51. The summed E-state index contributed by atoms with van der Waals surface area (Å²) >= 11 is 0. The van der Waals surface area contributed by atoms with Gasteiger partial charge >= 0.3 is 0 Å². The van der Waals surface area contributed by atoms with Gasteiger partial charge in [0.05, 0.1) is 0 Å². The first kappa shape index (κ1) is 101. The molecule has 3 aromatic rings. The van der Waals surface area contributed by atoms with Crippen molar-refractivity contribution in [3.05, 3.63) is 0 Å². The van der Waals surface area contributed by atoms with Crippen molar-refractivity contribution in [2.45, 2.75) is 506 Å². The summed E-state index contributed by atoms with van der Waals surface area (Å²) in [6.45, 7) is 67.9. The van der Waals surface area contributed by atoms with Gasteiger partial charge in [-0.05, 0) is 351 Å². The number of nitrogens with one attached hydrogen (secondary N) is 5. The lowest BCUT2D eigenvalue weighted by Crippen LogP contribution is -2.67. The number of anilines is 9. The summed E-state index contributed by atoms with van der Waals surface area (Å²) in [5, 5.41) is 158. The van der Waals surface area contributed by atoms with Crippen LogP contribution in [-0.2, 0) is 46.9 Å². The van der Waals surface area contributed by atoms with Gasteiger partial charge < -0.3 is 46.2 Å². The van der Waals surface area contributed by atoms with Crippen molar-refractivity contribution in [2.75, 3.05) is 72.4 Å². The van der Waals surface area contributed by atoms with E-state index in [2.05, 4.69) is 46.2 Å². The van der Waals surface area contributed by atoms with Crippen molar-refractivity contribution in [2.24, 2.45) is 0 Å².